The zero-order valence-electron chi connectivity index (χ0n) is 32.1. The molecule has 326 valence electrons. The summed E-state index contributed by atoms with van der Waals surface area (Å²) < 4.78 is 107. The van der Waals surface area contributed by atoms with Crippen molar-refractivity contribution in [3.63, 3.8) is 0 Å². The second-order valence-corrected chi connectivity index (χ2v) is 22.4. The first-order chi connectivity index (χ1) is 26.8. The van der Waals surface area contributed by atoms with E-state index in [1.807, 2.05) is 0 Å². The molecule has 0 aromatic carbocycles. The maximum Gasteiger partial charge on any atom is 0.270 e. The van der Waals surface area contributed by atoms with Crippen molar-refractivity contribution < 1.29 is 49.1 Å². The minimum atomic E-state index is -4.84. The summed E-state index contributed by atoms with van der Waals surface area (Å²) in [7, 11) is -14.2. The van der Waals surface area contributed by atoms with Gasteiger partial charge in [-0.15, -0.1) is 0 Å². The Hall–Kier alpha value is -1.67. The second kappa shape index (κ2) is 18.5. The predicted octanol–water partition coefficient (Wildman–Crippen LogP) is 1.97. The number of hydrogen-bond donors (Lipinski definition) is 8. The van der Waals surface area contributed by atoms with Crippen molar-refractivity contribution in [2.24, 2.45) is 54.0 Å². The highest BCUT2D eigenvalue weighted by Gasteiger charge is 2.58. The first kappa shape index (κ1) is 44.9. The summed E-state index contributed by atoms with van der Waals surface area (Å²) in [5, 5.41) is 46.7. The molecule has 0 aromatic heterocycles. The minimum Gasteiger partial charge on any atom is -0.393 e. The highest BCUT2D eigenvalue weighted by Crippen LogP contribution is 2.46. The molecule has 14 unspecified atom stereocenters. The molecule has 0 aromatic rings. The molecule has 23 heteroatoms. The van der Waals surface area contributed by atoms with Crippen LogP contribution >= 0.6 is 0 Å². The number of aliphatic hydroxyl groups excluding tert-OH is 2. The first-order valence-electron chi connectivity index (χ1n) is 20.5. The molecule has 6 rings (SSSR count). The third kappa shape index (κ3) is 11.2. The third-order valence-electron chi connectivity index (χ3n) is 13.5. The molecule has 57 heavy (non-hydrogen) atoms. The third-order valence-corrected chi connectivity index (χ3v) is 17.3. The summed E-state index contributed by atoms with van der Waals surface area (Å²) in [5.74, 6) is -1.80. The Morgan fingerprint density at radius 1 is 0.526 bits per heavy atom. The summed E-state index contributed by atoms with van der Waals surface area (Å²) in [6, 6.07) is -5.85. The van der Waals surface area contributed by atoms with Gasteiger partial charge in [0.15, 0.2) is 0 Å². The van der Waals surface area contributed by atoms with Gasteiger partial charge in [0.1, 0.15) is 27.8 Å². The zero-order chi connectivity index (χ0) is 41.3. The molecule has 0 amide bonds. The summed E-state index contributed by atoms with van der Waals surface area (Å²) in [6.45, 7) is 0. The molecule has 10 N–H and O–H groups in total. The van der Waals surface area contributed by atoms with E-state index in [0.717, 1.165) is 57.8 Å². The van der Waals surface area contributed by atoms with Crippen molar-refractivity contribution >= 4 is 30.4 Å². The first-order valence-corrected chi connectivity index (χ1v) is 25.0. The van der Waals surface area contributed by atoms with Crippen LogP contribution in [0, 0.1) is 11.8 Å². The lowest BCUT2D eigenvalue weighted by Gasteiger charge is -2.50. The highest BCUT2D eigenvalue weighted by molar-refractivity contribution is 7.87. The number of nitrogens with two attached hydrogens (primary N) is 2. The van der Waals surface area contributed by atoms with Gasteiger partial charge >= 0.3 is 0 Å². The van der Waals surface area contributed by atoms with E-state index in [4.69, 9.17) is 11.5 Å². The fraction of sp³-hybridized carbons (Fsp3) is 1.00. The molecule has 6 saturated carbocycles. The maximum absolute atomic E-state index is 12.7. The van der Waals surface area contributed by atoms with Crippen LogP contribution in [-0.4, -0.2) is 138 Å². The topological polar surface area (TPSA) is 342 Å². The molecule has 6 aliphatic carbocycles. The van der Waals surface area contributed by atoms with E-state index in [9.17, 15) is 49.1 Å². The summed E-state index contributed by atoms with van der Waals surface area (Å²) in [6.07, 6.45) is 7.14. The quantitative estimate of drug-likeness (QED) is 0.109. The van der Waals surface area contributed by atoms with Gasteiger partial charge in [0.25, 0.3) is 30.4 Å². The van der Waals surface area contributed by atoms with Crippen LogP contribution in [0.2, 0.25) is 0 Å². The summed E-state index contributed by atoms with van der Waals surface area (Å²) in [4.78, 5) is 0. The van der Waals surface area contributed by atoms with E-state index in [-0.39, 0.29) is 49.5 Å². The van der Waals surface area contributed by atoms with Gasteiger partial charge in [-0.25, -0.2) is 0 Å². The van der Waals surface area contributed by atoms with Gasteiger partial charge in [0, 0.05) is 30.1 Å². The number of azo groups is 3. The monoisotopic (exact) mass is 867 g/mol. The maximum atomic E-state index is 12.7. The van der Waals surface area contributed by atoms with Crippen LogP contribution in [0.15, 0.2) is 30.7 Å². The Balaban J connectivity index is 1.11. The van der Waals surface area contributed by atoms with Crippen LogP contribution in [0.25, 0.3) is 0 Å². The summed E-state index contributed by atoms with van der Waals surface area (Å²) in [5.41, 5.74) is 12.8. The van der Waals surface area contributed by atoms with Crippen LogP contribution in [0.5, 0.6) is 0 Å². The lowest BCUT2D eigenvalue weighted by atomic mass is 9.64. The Morgan fingerprint density at radius 2 is 1.07 bits per heavy atom. The molecule has 0 spiro atoms. The molecular formula is C34H61N9O11S3. The lowest BCUT2D eigenvalue weighted by Crippen LogP contribution is -2.65. The van der Waals surface area contributed by atoms with Crippen LogP contribution in [0.4, 0.5) is 0 Å². The summed E-state index contributed by atoms with van der Waals surface area (Å²) >= 11 is 0. The highest BCUT2D eigenvalue weighted by atomic mass is 32.2. The number of nitrogens with zero attached hydrogens (tertiary/aromatic N) is 6. The molecule has 6 fully saturated rings. The zero-order valence-corrected chi connectivity index (χ0v) is 34.5. The second-order valence-electron chi connectivity index (χ2n) is 17.4. The van der Waals surface area contributed by atoms with Gasteiger partial charge in [-0.1, -0.05) is 19.3 Å². The minimum absolute atomic E-state index is 0.0133. The van der Waals surface area contributed by atoms with E-state index in [0.29, 0.717) is 32.1 Å². The Kier molecular flexibility index (Phi) is 14.6. The molecule has 0 saturated heterocycles. The van der Waals surface area contributed by atoms with Crippen molar-refractivity contribution in [1.82, 2.24) is 5.32 Å². The van der Waals surface area contributed by atoms with E-state index in [1.165, 1.54) is 0 Å². The smallest absolute Gasteiger partial charge is 0.270 e. The molecule has 6 aliphatic rings. The Labute approximate surface area is 335 Å². The van der Waals surface area contributed by atoms with Crippen molar-refractivity contribution in [2.75, 3.05) is 0 Å². The standard InChI is InChI=1S/C34H61N9O11S3/c35-24-17-23(44)11-13-25(24)41-38-21-8-6-19(7-9-21)37-26-12-10-22(16-27(26)55(46,47)48)40-42-32-28(56(49,50)51)14-18-15-29(57(52,53)54)33(34(45)30(18)31(32)36)43-39-20-4-2-1-3-5-20/h18-34,37,44-45H,1-17,35-36H2,(H,46,47,48)(H,49,50,51)(H,52,53,54). The van der Waals surface area contributed by atoms with Crippen molar-refractivity contribution in [3.8, 4) is 0 Å². The average Bonchev–Trinajstić information content (AvgIpc) is 3.13. The fourth-order valence-corrected chi connectivity index (χ4v) is 13.6. The van der Waals surface area contributed by atoms with Gasteiger partial charge in [-0.05, 0) is 95.8 Å². The van der Waals surface area contributed by atoms with Gasteiger partial charge < -0.3 is 27.0 Å². The number of hydrogen-bond acceptors (Lipinski definition) is 17. The molecular weight excluding hydrogens is 807 g/mol. The van der Waals surface area contributed by atoms with E-state index in [1.54, 1.807) is 0 Å². The lowest BCUT2D eigenvalue weighted by molar-refractivity contribution is -0.0202. The molecule has 14 atom stereocenters. The SMILES string of the molecule is NC1CC(O)CCC1N=NC1CCC(NC2CCC(N=NC3C(N)C4C(CC3S(=O)(=O)O)CC(S(=O)(=O)O)C(N=NC3CCCCC3)C4O)CC2S(=O)(=O)O)CC1. The van der Waals surface area contributed by atoms with E-state index in [2.05, 4.69) is 36.0 Å². The number of rotatable bonds is 11. The predicted molar refractivity (Wildman–Crippen MR) is 207 cm³/mol. The average molecular weight is 868 g/mol. The van der Waals surface area contributed by atoms with Crippen molar-refractivity contribution in [3.05, 3.63) is 0 Å². The largest absolute Gasteiger partial charge is 0.393 e. The molecule has 20 nitrogen and oxygen atoms in total. The van der Waals surface area contributed by atoms with E-state index >= 15 is 0 Å². The van der Waals surface area contributed by atoms with Gasteiger partial charge in [-0.2, -0.15) is 55.9 Å². The molecule has 0 aliphatic heterocycles. The van der Waals surface area contributed by atoms with E-state index < -0.39 is 100 Å². The van der Waals surface area contributed by atoms with Gasteiger partial charge in [0.2, 0.25) is 0 Å². The van der Waals surface area contributed by atoms with Crippen LogP contribution in [0.3, 0.4) is 0 Å². The number of fused-ring (bicyclic) bond motifs is 1. The van der Waals surface area contributed by atoms with Crippen LogP contribution in [-0.2, 0) is 30.4 Å². The molecule has 0 bridgehead atoms. The fourth-order valence-electron chi connectivity index (χ4n) is 10.3. The van der Waals surface area contributed by atoms with Gasteiger partial charge in [-0.3, -0.25) is 13.7 Å². The molecule has 0 heterocycles. The molecule has 0 radical (unpaired) electrons. The normalized spacial score (nSPS) is 43.4. The Morgan fingerprint density at radius 3 is 1.68 bits per heavy atom. The van der Waals surface area contributed by atoms with Crippen LogP contribution in [0.1, 0.15) is 109 Å². The van der Waals surface area contributed by atoms with Crippen LogP contribution < -0.4 is 16.8 Å². The van der Waals surface area contributed by atoms with Gasteiger partial charge in [0.05, 0.1) is 36.4 Å². The number of aliphatic hydroxyl groups is 2. The van der Waals surface area contributed by atoms with Crippen molar-refractivity contribution in [2.45, 2.75) is 198 Å². The van der Waals surface area contributed by atoms with Crippen molar-refractivity contribution in [1.29, 1.82) is 0 Å². The number of nitrogens with one attached hydrogen (secondary N) is 1. The Bertz CT molecular complexity index is 1790.